The number of hydrogen-bond donors (Lipinski definition) is 2. The van der Waals surface area contributed by atoms with Crippen LogP contribution >= 0.6 is 11.6 Å². The molecule has 0 saturated heterocycles. The Kier molecular flexibility index (Phi) is 7.71. The molecule has 0 fully saturated rings. The second-order valence-corrected chi connectivity index (χ2v) is 11.1. The van der Waals surface area contributed by atoms with Gasteiger partial charge in [-0.25, -0.2) is 15.0 Å². The van der Waals surface area contributed by atoms with E-state index in [1.165, 1.54) is 30.5 Å². The zero-order valence-electron chi connectivity index (χ0n) is 23.4. The van der Waals surface area contributed by atoms with Gasteiger partial charge in [0.2, 0.25) is 0 Å². The number of carbonyl (C=O) groups is 1. The average molecular weight is 648 g/mol. The summed E-state index contributed by atoms with van der Waals surface area (Å²) in [6, 6.07) is 14.0. The maximum Gasteiger partial charge on any atom is 0.310 e. The standard InChI is InChI=1S/C18H15ClF2N4O3.C12H11F2NO2/c19-10-1-3-13(23-8-10)15(26)24-11-2-4-14-12(7-11)17(5-6-27-14)18(20,21)9-28-16(22)25-17;13-12(14)7-16-8-15-11(12)5-6-17-10-4-2-1-3-9(10)11/h1-4,7-8H,5-6,9H2,(H2,22,25)(H,24,26);1-4,8H,5-7H2/t17-;11-/m11/s1. The smallest absolute Gasteiger partial charge is 0.310 e. The van der Waals surface area contributed by atoms with E-state index in [1.807, 2.05) is 0 Å². The average Bonchev–Trinajstić information content (AvgIpc) is 3.02. The fourth-order valence-corrected chi connectivity index (χ4v) is 5.77. The number of aromatic nitrogens is 1. The quantitative estimate of drug-likeness (QED) is 0.361. The van der Waals surface area contributed by atoms with Crippen molar-refractivity contribution >= 4 is 35.6 Å². The van der Waals surface area contributed by atoms with Crippen molar-refractivity contribution in [1.82, 2.24) is 4.98 Å². The molecule has 2 spiro atoms. The Labute approximate surface area is 259 Å². The van der Waals surface area contributed by atoms with Gasteiger partial charge in [0.25, 0.3) is 11.9 Å². The number of pyridine rings is 1. The summed E-state index contributed by atoms with van der Waals surface area (Å²) in [4.78, 5) is 24.2. The molecule has 0 unspecified atom stereocenters. The lowest BCUT2D eigenvalue weighted by atomic mass is 9.79. The number of ether oxygens (including phenoxy) is 4. The Hall–Kier alpha value is -4.59. The highest BCUT2D eigenvalue weighted by molar-refractivity contribution is 6.30. The van der Waals surface area contributed by atoms with Gasteiger partial charge in [-0.05, 0) is 36.4 Å². The van der Waals surface area contributed by atoms with Crippen molar-refractivity contribution in [2.24, 2.45) is 15.7 Å². The third-order valence-corrected chi connectivity index (χ3v) is 8.17. The highest BCUT2D eigenvalue weighted by Crippen LogP contribution is 2.52. The molecule has 5 heterocycles. The van der Waals surface area contributed by atoms with Gasteiger partial charge in [0.1, 0.15) is 17.2 Å². The van der Waals surface area contributed by atoms with Crippen LogP contribution in [0.2, 0.25) is 5.02 Å². The number of fused-ring (bicyclic) bond motifs is 4. The minimum Gasteiger partial charge on any atom is -0.493 e. The highest BCUT2D eigenvalue weighted by atomic mass is 35.5. The molecule has 7 rings (SSSR count). The van der Waals surface area contributed by atoms with Gasteiger partial charge in [-0.1, -0.05) is 29.8 Å². The Bertz CT molecular complexity index is 1670. The summed E-state index contributed by atoms with van der Waals surface area (Å²) in [7, 11) is 0. The molecule has 4 aliphatic rings. The van der Waals surface area contributed by atoms with Gasteiger partial charge < -0.3 is 30.0 Å². The van der Waals surface area contributed by atoms with Crippen LogP contribution in [-0.4, -0.2) is 61.6 Å². The molecular weight excluding hydrogens is 622 g/mol. The lowest BCUT2D eigenvalue weighted by Gasteiger charge is -2.43. The number of nitrogens with one attached hydrogen (secondary N) is 1. The van der Waals surface area contributed by atoms with Gasteiger partial charge in [0.05, 0.1) is 18.2 Å². The van der Waals surface area contributed by atoms with E-state index in [0.29, 0.717) is 22.0 Å². The minimum atomic E-state index is -3.30. The highest BCUT2D eigenvalue weighted by Gasteiger charge is 2.61. The number of aliphatic imine (C=N–C) groups is 2. The van der Waals surface area contributed by atoms with E-state index in [9.17, 15) is 22.4 Å². The van der Waals surface area contributed by atoms with Crippen molar-refractivity contribution in [1.29, 1.82) is 0 Å². The summed E-state index contributed by atoms with van der Waals surface area (Å²) in [5, 5.41) is 3.02. The van der Waals surface area contributed by atoms with Gasteiger partial charge >= 0.3 is 11.8 Å². The number of alkyl halides is 4. The molecule has 2 atom stereocenters. The number of hydrogen-bond acceptors (Lipinski definition) is 9. The van der Waals surface area contributed by atoms with Crippen molar-refractivity contribution in [2.45, 2.75) is 35.8 Å². The van der Waals surface area contributed by atoms with Crippen molar-refractivity contribution < 1.29 is 41.3 Å². The maximum absolute atomic E-state index is 14.8. The van der Waals surface area contributed by atoms with E-state index in [0.717, 1.165) is 6.40 Å². The Morgan fingerprint density at radius 2 is 1.58 bits per heavy atom. The molecule has 4 aliphatic heterocycles. The minimum absolute atomic E-state index is 0.0553. The van der Waals surface area contributed by atoms with E-state index >= 15 is 0 Å². The Balaban J connectivity index is 0.000000179. The lowest BCUT2D eigenvalue weighted by Crippen LogP contribution is -2.54. The van der Waals surface area contributed by atoms with Crippen LogP contribution in [-0.2, 0) is 20.6 Å². The van der Waals surface area contributed by atoms with Crippen molar-refractivity contribution in [3.05, 3.63) is 82.6 Å². The summed E-state index contributed by atoms with van der Waals surface area (Å²) < 4.78 is 78.2. The molecule has 1 aromatic heterocycles. The van der Waals surface area contributed by atoms with Crippen LogP contribution in [0, 0.1) is 0 Å². The van der Waals surface area contributed by atoms with Gasteiger partial charge in [-0.15, -0.1) is 0 Å². The van der Waals surface area contributed by atoms with E-state index in [1.54, 1.807) is 30.3 Å². The van der Waals surface area contributed by atoms with Crippen LogP contribution in [0.15, 0.2) is 70.8 Å². The summed E-state index contributed by atoms with van der Waals surface area (Å²) in [5.74, 6) is -6.08. The fourth-order valence-electron chi connectivity index (χ4n) is 5.66. The van der Waals surface area contributed by atoms with Gasteiger partial charge in [0, 0.05) is 35.9 Å². The number of benzene rings is 2. The van der Waals surface area contributed by atoms with Crippen LogP contribution in [0.5, 0.6) is 11.5 Å². The maximum atomic E-state index is 14.8. The van der Waals surface area contributed by atoms with E-state index in [-0.39, 0.29) is 49.1 Å². The first-order valence-corrected chi connectivity index (χ1v) is 14.2. The lowest BCUT2D eigenvalue weighted by molar-refractivity contribution is -0.132. The van der Waals surface area contributed by atoms with Gasteiger partial charge in [-0.2, -0.15) is 17.6 Å². The molecule has 3 N–H and O–H groups in total. The predicted molar refractivity (Wildman–Crippen MR) is 156 cm³/mol. The Morgan fingerprint density at radius 3 is 2.31 bits per heavy atom. The van der Waals surface area contributed by atoms with E-state index < -0.39 is 42.0 Å². The molecule has 0 saturated carbocycles. The fraction of sp³-hybridized carbons (Fsp3) is 0.333. The Morgan fingerprint density at radius 1 is 0.867 bits per heavy atom. The van der Waals surface area contributed by atoms with Crippen molar-refractivity contribution in [2.75, 3.05) is 31.7 Å². The topological polar surface area (TPSA) is 130 Å². The summed E-state index contributed by atoms with van der Waals surface area (Å²) in [6.07, 6.45) is 2.55. The largest absolute Gasteiger partial charge is 0.493 e. The first-order chi connectivity index (χ1) is 21.5. The first-order valence-electron chi connectivity index (χ1n) is 13.8. The normalized spacial score (nSPS) is 25.0. The van der Waals surface area contributed by atoms with E-state index in [2.05, 4.69) is 25.0 Å². The molecule has 2 aromatic carbocycles. The number of anilines is 1. The monoisotopic (exact) mass is 647 g/mol. The number of nitrogens with two attached hydrogens (primary N) is 1. The second kappa shape index (κ2) is 11.4. The van der Waals surface area contributed by atoms with E-state index in [4.69, 9.17) is 31.5 Å². The second-order valence-electron chi connectivity index (χ2n) is 10.6. The van der Waals surface area contributed by atoms with Crippen LogP contribution in [0.1, 0.15) is 34.5 Å². The molecule has 236 valence electrons. The van der Waals surface area contributed by atoms with Crippen LogP contribution in [0.4, 0.5) is 23.2 Å². The summed E-state index contributed by atoms with van der Waals surface area (Å²) >= 11 is 5.77. The predicted octanol–water partition coefficient (Wildman–Crippen LogP) is 5.30. The number of nitrogens with zero attached hydrogens (tertiary/aromatic N) is 3. The number of amidine groups is 1. The third-order valence-electron chi connectivity index (χ3n) is 7.94. The number of rotatable bonds is 2. The number of halogens is 5. The van der Waals surface area contributed by atoms with Crippen molar-refractivity contribution in [3.8, 4) is 11.5 Å². The van der Waals surface area contributed by atoms with Crippen LogP contribution < -0.4 is 20.5 Å². The zero-order valence-corrected chi connectivity index (χ0v) is 24.2. The molecule has 0 bridgehead atoms. The van der Waals surface area contributed by atoms with Crippen LogP contribution in [0.3, 0.4) is 0 Å². The molecular formula is C30H26ClF4N5O5. The molecule has 0 radical (unpaired) electrons. The SMILES string of the molecule is FC1(F)COC=N[C@@]12CCOc1ccccc12.NC1=N[C@@]2(CCOc3ccc(NC(=O)c4ccc(Cl)cn4)cc32)C(F)(F)CO1. The number of carbonyl (C=O) groups excluding carboxylic acids is 1. The van der Waals surface area contributed by atoms with Crippen molar-refractivity contribution in [3.63, 3.8) is 0 Å². The van der Waals surface area contributed by atoms with Gasteiger partial charge in [0.15, 0.2) is 30.7 Å². The third kappa shape index (κ3) is 5.36. The number of para-hydroxylation sites is 1. The zero-order chi connectivity index (χ0) is 31.9. The molecule has 15 heteroatoms. The molecule has 3 aromatic rings. The molecule has 0 aliphatic carbocycles. The molecule has 45 heavy (non-hydrogen) atoms. The van der Waals surface area contributed by atoms with Gasteiger partial charge in [-0.3, -0.25) is 4.79 Å². The molecule has 10 nitrogen and oxygen atoms in total. The van der Waals surface area contributed by atoms with Crippen LogP contribution in [0.25, 0.3) is 0 Å². The summed E-state index contributed by atoms with van der Waals surface area (Å²) in [5.41, 5.74) is 3.15. The first kappa shape index (κ1) is 30.4. The molecule has 1 amide bonds. The number of amides is 1. The summed E-state index contributed by atoms with van der Waals surface area (Å²) in [6.45, 7) is -1.22.